The van der Waals surface area contributed by atoms with Crippen LogP contribution in [0.4, 0.5) is 5.82 Å². The second kappa shape index (κ2) is 6.54. The number of hydrogen-bond donors (Lipinski definition) is 1. The Kier molecular flexibility index (Phi) is 5.34. The van der Waals surface area contributed by atoms with Gasteiger partial charge in [0.25, 0.3) is 5.56 Å². The molecule has 5 heteroatoms. The molecule has 18 heavy (non-hydrogen) atoms. The van der Waals surface area contributed by atoms with Crippen molar-refractivity contribution in [2.24, 2.45) is 0 Å². The van der Waals surface area contributed by atoms with Gasteiger partial charge in [0.05, 0.1) is 0 Å². The molecule has 1 atom stereocenters. The van der Waals surface area contributed by atoms with Crippen molar-refractivity contribution < 1.29 is 0 Å². The van der Waals surface area contributed by atoms with Crippen LogP contribution in [0.25, 0.3) is 0 Å². The van der Waals surface area contributed by atoms with Crippen LogP contribution in [-0.4, -0.2) is 41.1 Å². The maximum absolute atomic E-state index is 12.1. The molecule has 1 aromatic rings. The smallest absolute Gasteiger partial charge is 0.293 e. The Morgan fingerprint density at radius 1 is 1.39 bits per heavy atom. The van der Waals surface area contributed by atoms with E-state index in [-0.39, 0.29) is 17.6 Å². The average Bonchev–Trinajstić information content (AvgIpc) is 2.29. The van der Waals surface area contributed by atoms with Crippen LogP contribution < -0.4 is 10.9 Å². The highest BCUT2D eigenvalue weighted by Crippen LogP contribution is 2.04. The van der Waals surface area contributed by atoms with Crippen molar-refractivity contribution in [3.05, 3.63) is 22.7 Å². The fourth-order valence-corrected chi connectivity index (χ4v) is 1.69. The van der Waals surface area contributed by atoms with Crippen molar-refractivity contribution in [2.75, 3.05) is 26.0 Å². The third kappa shape index (κ3) is 4.14. The lowest BCUT2D eigenvalue weighted by atomic mass is 10.2. The summed E-state index contributed by atoms with van der Waals surface area (Å²) in [5, 5.41) is 3.19. The molecule has 0 saturated heterocycles. The molecule has 0 radical (unpaired) electrons. The molecule has 0 bridgehead atoms. The van der Waals surface area contributed by atoms with Gasteiger partial charge in [-0.05, 0) is 47.8 Å². The Morgan fingerprint density at radius 2 is 2.06 bits per heavy atom. The molecule has 0 aliphatic rings. The maximum Gasteiger partial charge on any atom is 0.293 e. The number of hydrogen-bond acceptors (Lipinski definition) is 4. The fraction of sp³-hybridized carbons (Fsp3) is 0.692. The number of rotatable bonds is 6. The van der Waals surface area contributed by atoms with E-state index in [2.05, 4.69) is 22.1 Å². The molecule has 1 heterocycles. The van der Waals surface area contributed by atoms with Crippen LogP contribution in [-0.2, 0) is 0 Å². The minimum atomic E-state index is -0.0517. The summed E-state index contributed by atoms with van der Waals surface area (Å²) in [6.07, 6.45) is 4.37. The topological polar surface area (TPSA) is 50.2 Å². The fourth-order valence-electron chi connectivity index (χ4n) is 1.69. The zero-order valence-electron chi connectivity index (χ0n) is 12.0. The van der Waals surface area contributed by atoms with Crippen LogP contribution >= 0.6 is 0 Å². The third-order valence-corrected chi connectivity index (χ3v) is 2.82. The molecule has 0 spiro atoms. The van der Waals surface area contributed by atoms with E-state index >= 15 is 0 Å². The van der Waals surface area contributed by atoms with Crippen molar-refractivity contribution in [2.45, 2.75) is 39.3 Å². The standard InChI is InChI=1S/C13H24N4O/c1-10(2)17-9-7-14-12(13(17)18)15-11(3)6-8-16(4)5/h7,9-11H,6,8H2,1-5H3,(H,14,15). The van der Waals surface area contributed by atoms with E-state index in [9.17, 15) is 4.79 Å². The van der Waals surface area contributed by atoms with Gasteiger partial charge in [-0.25, -0.2) is 4.98 Å². The molecule has 1 unspecified atom stereocenters. The Morgan fingerprint density at radius 3 is 2.61 bits per heavy atom. The van der Waals surface area contributed by atoms with Gasteiger partial charge in [0.1, 0.15) is 0 Å². The van der Waals surface area contributed by atoms with Crippen LogP contribution in [0.15, 0.2) is 17.2 Å². The molecule has 0 aromatic carbocycles. The van der Waals surface area contributed by atoms with Gasteiger partial charge in [-0.15, -0.1) is 0 Å². The van der Waals surface area contributed by atoms with E-state index < -0.39 is 0 Å². The summed E-state index contributed by atoms with van der Waals surface area (Å²) in [5.41, 5.74) is -0.0517. The van der Waals surface area contributed by atoms with E-state index in [0.717, 1.165) is 13.0 Å². The first kappa shape index (κ1) is 14.7. The highest BCUT2D eigenvalue weighted by molar-refractivity contribution is 5.32. The summed E-state index contributed by atoms with van der Waals surface area (Å²) in [5.74, 6) is 0.442. The van der Waals surface area contributed by atoms with Crippen LogP contribution in [0.3, 0.4) is 0 Å². The molecule has 1 rings (SSSR count). The minimum Gasteiger partial charge on any atom is -0.363 e. The van der Waals surface area contributed by atoms with Gasteiger partial charge in [-0.1, -0.05) is 0 Å². The van der Waals surface area contributed by atoms with E-state index in [1.807, 2.05) is 27.9 Å². The zero-order valence-corrected chi connectivity index (χ0v) is 12.0. The lowest BCUT2D eigenvalue weighted by molar-refractivity contribution is 0.390. The lowest BCUT2D eigenvalue weighted by Gasteiger charge is -2.18. The third-order valence-electron chi connectivity index (χ3n) is 2.82. The largest absolute Gasteiger partial charge is 0.363 e. The SMILES string of the molecule is CC(CCN(C)C)Nc1nccn(C(C)C)c1=O. The second-order valence-electron chi connectivity index (χ2n) is 5.22. The van der Waals surface area contributed by atoms with Crippen molar-refractivity contribution in [3.8, 4) is 0 Å². The summed E-state index contributed by atoms with van der Waals surface area (Å²) < 4.78 is 1.69. The Bertz CT molecular complexity index is 425. The predicted molar refractivity (Wildman–Crippen MR) is 75.1 cm³/mol. The number of nitrogens with zero attached hydrogens (tertiary/aromatic N) is 3. The van der Waals surface area contributed by atoms with Gasteiger partial charge < -0.3 is 14.8 Å². The van der Waals surface area contributed by atoms with Gasteiger partial charge in [0, 0.05) is 24.5 Å². The van der Waals surface area contributed by atoms with Crippen molar-refractivity contribution in [1.29, 1.82) is 0 Å². The lowest BCUT2D eigenvalue weighted by Crippen LogP contribution is -2.30. The Labute approximate surface area is 109 Å². The summed E-state index contributed by atoms with van der Waals surface area (Å²) in [4.78, 5) is 18.4. The van der Waals surface area contributed by atoms with Crippen molar-refractivity contribution >= 4 is 5.82 Å². The number of aromatic nitrogens is 2. The molecule has 0 amide bonds. The Balaban J connectivity index is 2.73. The van der Waals surface area contributed by atoms with Crippen LogP contribution in [0.2, 0.25) is 0 Å². The summed E-state index contributed by atoms with van der Waals surface area (Å²) in [6.45, 7) is 7.03. The van der Waals surface area contributed by atoms with E-state index in [4.69, 9.17) is 0 Å². The monoisotopic (exact) mass is 252 g/mol. The molecule has 0 saturated carbocycles. The molecule has 0 aliphatic heterocycles. The average molecular weight is 252 g/mol. The number of anilines is 1. The summed E-state index contributed by atoms with van der Waals surface area (Å²) in [7, 11) is 4.08. The van der Waals surface area contributed by atoms with Crippen LogP contribution in [0.1, 0.15) is 33.2 Å². The second-order valence-corrected chi connectivity index (χ2v) is 5.22. The molecular weight excluding hydrogens is 228 g/mol. The summed E-state index contributed by atoms with van der Waals surface area (Å²) in [6, 6.07) is 0.383. The molecule has 0 fully saturated rings. The molecule has 102 valence electrons. The Hall–Kier alpha value is -1.36. The molecule has 1 N–H and O–H groups in total. The first-order chi connectivity index (χ1) is 8.41. The highest BCUT2D eigenvalue weighted by atomic mass is 16.1. The van der Waals surface area contributed by atoms with Crippen molar-refractivity contribution in [3.63, 3.8) is 0 Å². The van der Waals surface area contributed by atoms with E-state index in [1.165, 1.54) is 0 Å². The highest BCUT2D eigenvalue weighted by Gasteiger charge is 2.10. The van der Waals surface area contributed by atoms with Gasteiger partial charge in [-0.2, -0.15) is 0 Å². The zero-order chi connectivity index (χ0) is 13.7. The van der Waals surface area contributed by atoms with E-state index in [1.54, 1.807) is 17.0 Å². The van der Waals surface area contributed by atoms with Crippen molar-refractivity contribution in [1.82, 2.24) is 14.5 Å². The number of nitrogens with one attached hydrogen (secondary N) is 1. The molecular formula is C13H24N4O. The first-order valence-corrected chi connectivity index (χ1v) is 6.40. The van der Waals surface area contributed by atoms with Gasteiger partial charge in [0.2, 0.25) is 0 Å². The first-order valence-electron chi connectivity index (χ1n) is 6.40. The minimum absolute atomic E-state index is 0.0517. The normalized spacial score (nSPS) is 13.1. The van der Waals surface area contributed by atoms with Crippen LogP contribution in [0, 0.1) is 0 Å². The molecule has 0 aliphatic carbocycles. The van der Waals surface area contributed by atoms with Gasteiger partial charge >= 0.3 is 0 Å². The van der Waals surface area contributed by atoms with Crippen LogP contribution in [0.5, 0.6) is 0 Å². The quantitative estimate of drug-likeness (QED) is 0.835. The van der Waals surface area contributed by atoms with Gasteiger partial charge in [-0.3, -0.25) is 4.79 Å². The summed E-state index contributed by atoms with van der Waals surface area (Å²) >= 11 is 0. The van der Waals surface area contributed by atoms with E-state index in [0.29, 0.717) is 5.82 Å². The molecule has 5 nitrogen and oxygen atoms in total. The maximum atomic E-state index is 12.1. The van der Waals surface area contributed by atoms with Gasteiger partial charge in [0.15, 0.2) is 5.82 Å². The predicted octanol–water partition coefficient (Wildman–Crippen LogP) is 1.58. The molecule has 1 aromatic heterocycles.